The number of hydrogen-bond donors (Lipinski definition) is 1. The molecule has 2 amide bonds. The lowest BCUT2D eigenvalue weighted by atomic mass is 10.1. The zero-order valence-corrected chi connectivity index (χ0v) is 15.3. The van der Waals surface area contributed by atoms with E-state index in [2.05, 4.69) is 5.32 Å². The van der Waals surface area contributed by atoms with Gasteiger partial charge in [-0.15, -0.1) is 0 Å². The third-order valence-corrected chi connectivity index (χ3v) is 4.35. The molecule has 6 heteroatoms. The van der Waals surface area contributed by atoms with Gasteiger partial charge >= 0.3 is 0 Å². The molecule has 0 spiro atoms. The molecular weight excluding hydrogens is 347 g/mol. The summed E-state index contributed by atoms with van der Waals surface area (Å²) in [6, 6.07) is 13.7. The van der Waals surface area contributed by atoms with Crippen LogP contribution in [0.3, 0.4) is 0 Å². The van der Waals surface area contributed by atoms with Crippen molar-refractivity contribution in [2.75, 3.05) is 18.6 Å². The number of anilines is 1. The van der Waals surface area contributed by atoms with Gasteiger partial charge in [0.25, 0.3) is 5.91 Å². The SMILES string of the molecule is COCC(=O)N(Cc1ccc(F)cc1)c1cccc(CC(=O)NC2CC2)c1. The normalized spacial score (nSPS) is 13.3. The quantitative estimate of drug-likeness (QED) is 0.777. The van der Waals surface area contributed by atoms with Gasteiger partial charge in [0.2, 0.25) is 5.91 Å². The van der Waals surface area contributed by atoms with Gasteiger partial charge < -0.3 is 15.0 Å². The Morgan fingerprint density at radius 1 is 1.15 bits per heavy atom. The van der Waals surface area contributed by atoms with Gasteiger partial charge in [0.05, 0.1) is 13.0 Å². The van der Waals surface area contributed by atoms with Crippen molar-refractivity contribution in [1.29, 1.82) is 0 Å². The van der Waals surface area contributed by atoms with E-state index in [0.29, 0.717) is 18.3 Å². The van der Waals surface area contributed by atoms with Crippen LogP contribution in [0, 0.1) is 5.82 Å². The largest absolute Gasteiger partial charge is 0.375 e. The van der Waals surface area contributed by atoms with E-state index < -0.39 is 0 Å². The predicted molar refractivity (Wildman–Crippen MR) is 101 cm³/mol. The first-order valence-corrected chi connectivity index (χ1v) is 8.97. The molecule has 0 aliphatic heterocycles. The fourth-order valence-electron chi connectivity index (χ4n) is 2.82. The molecule has 27 heavy (non-hydrogen) atoms. The molecule has 3 rings (SSSR count). The number of methoxy groups -OCH3 is 1. The summed E-state index contributed by atoms with van der Waals surface area (Å²) in [5.41, 5.74) is 2.32. The molecular formula is C21H23FN2O3. The summed E-state index contributed by atoms with van der Waals surface area (Å²) in [6.07, 6.45) is 2.36. The van der Waals surface area contributed by atoms with Crippen molar-refractivity contribution in [1.82, 2.24) is 5.32 Å². The molecule has 5 nitrogen and oxygen atoms in total. The number of hydrogen-bond acceptors (Lipinski definition) is 3. The molecule has 0 bridgehead atoms. The monoisotopic (exact) mass is 370 g/mol. The topological polar surface area (TPSA) is 58.6 Å². The number of benzene rings is 2. The van der Waals surface area contributed by atoms with Crippen LogP contribution in [0.25, 0.3) is 0 Å². The Morgan fingerprint density at radius 2 is 1.89 bits per heavy atom. The Balaban J connectivity index is 1.77. The lowest BCUT2D eigenvalue weighted by Gasteiger charge is -2.23. The van der Waals surface area contributed by atoms with Gasteiger partial charge in [0.1, 0.15) is 12.4 Å². The Labute approximate surface area is 158 Å². The Morgan fingerprint density at radius 3 is 2.56 bits per heavy atom. The molecule has 1 saturated carbocycles. The van der Waals surface area contributed by atoms with E-state index in [1.54, 1.807) is 17.0 Å². The first-order valence-electron chi connectivity index (χ1n) is 8.97. The number of nitrogens with zero attached hydrogens (tertiary/aromatic N) is 1. The highest BCUT2D eigenvalue weighted by Crippen LogP contribution is 2.21. The minimum absolute atomic E-state index is 0.0112. The summed E-state index contributed by atoms with van der Waals surface area (Å²) in [5.74, 6) is -0.540. The van der Waals surface area contributed by atoms with Crippen LogP contribution in [0.5, 0.6) is 0 Å². The van der Waals surface area contributed by atoms with Gasteiger partial charge in [-0.2, -0.15) is 0 Å². The number of nitrogens with one attached hydrogen (secondary N) is 1. The van der Waals surface area contributed by atoms with Crippen LogP contribution >= 0.6 is 0 Å². The lowest BCUT2D eigenvalue weighted by molar-refractivity contribution is -0.122. The first-order chi connectivity index (χ1) is 13.0. The minimum atomic E-state index is -0.322. The number of carbonyl (C=O) groups is 2. The molecule has 1 aliphatic carbocycles. The molecule has 142 valence electrons. The maximum atomic E-state index is 13.2. The Kier molecular flexibility index (Phi) is 6.19. The summed E-state index contributed by atoms with van der Waals surface area (Å²) < 4.78 is 18.2. The highest BCUT2D eigenvalue weighted by molar-refractivity contribution is 5.94. The average Bonchev–Trinajstić information content (AvgIpc) is 3.45. The van der Waals surface area contributed by atoms with Crippen LogP contribution in [-0.4, -0.2) is 31.6 Å². The van der Waals surface area contributed by atoms with E-state index in [4.69, 9.17) is 4.74 Å². The maximum Gasteiger partial charge on any atom is 0.253 e. The molecule has 0 heterocycles. The van der Waals surface area contributed by atoms with Gasteiger partial charge in [-0.1, -0.05) is 24.3 Å². The van der Waals surface area contributed by atoms with Crippen LogP contribution < -0.4 is 10.2 Å². The Bertz CT molecular complexity index is 803. The smallest absolute Gasteiger partial charge is 0.253 e. The molecule has 0 aromatic heterocycles. The third-order valence-electron chi connectivity index (χ3n) is 4.35. The summed E-state index contributed by atoms with van der Waals surface area (Å²) in [5, 5.41) is 2.96. The summed E-state index contributed by atoms with van der Waals surface area (Å²) >= 11 is 0. The van der Waals surface area contributed by atoms with E-state index in [1.807, 2.05) is 24.3 Å². The third kappa shape index (κ3) is 5.62. The molecule has 0 saturated heterocycles. The maximum absolute atomic E-state index is 13.2. The van der Waals surface area contributed by atoms with Crippen LogP contribution in [0.2, 0.25) is 0 Å². The standard InChI is InChI=1S/C21H23FN2O3/c1-27-14-21(26)24(13-15-5-7-17(22)8-6-15)19-4-2-3-16(11-19)12-20(25)23-18-9-10-18/h2-8,11,18H,9-10,12-14H2,1H3,(H,23,25). The molecule has 0 radical (unpaired) electrons. The molecule has 0 atom stereocenters. The summed E-state index contributed by atoms with van der Waals surface area (Å²) in [6.45, 7) is 0.230. The zero-order chi connectivity index (χ0) is 19.2. The number of rotatable bonds is 8. The summed E-state index contributed by atoms with van der Waals surface area (Å²) in [4.78, 5) is 26.2. The van der Waals surface area contributed by atoms with Crippen molar-refractivity contribution in [3.05, 3.63) is 65.5 Å². The zero-order valence-electron chi connectivity index (χ0n) is 15.3. The van der Waals surface area contributed by atoms with Crippen LogP contribution in [0.1, 0.15) is 24.0 Å². The molecule has 2 aromatic carbocycles. The van der Waals surface area contributed by atoms with Crippen molar-refractivity contribution in [2.24, 2.45) is 0 Å². The molecule has 0 unspecified atom stereocenters. The fraction of sp³-hybridized carbons (Fsp3) is 0.333. The average molecular weight is 370 g/mol. The highest BCUT2D eigenvalue weighted by Gasteiger charge is 2.23. The van der Waals surface area contributed by atoms with Gasteiger partial charge in [-0.05, 0) is 48.2 Å². The number of carbonyl (C=O) groups excluding carboxylic acids is 2. The second-order valence-corrected chi connectivity index (χ2v) is 6.73. The van der Waals surface area contributed by atoms with E-state index in [-0.39, 0.29) is 30.7 Å². The van der Waals surface area contributed by atoms with Gasteiger partial charge in [0.15, 0.2) is 0 Å². The first kappa shape index (κ1) is 19.0. The van der Waals surface area contributed by atoms with Crippen molar-refractivity contribution in [3.8, 4) is 0 Å². The van der Waals surface area contributed by atoms with Gasteiger partial charge in [-0.25, -0.2) is 4.39 Å². The van der Waals surface area contributed by atoms with Crippen molar-refractivity contribution in [3.63, 3.8) is 0 Å². The van der Waals surface area contributed by atoms with Crippen molar-refractivity contribution < 1.29 is 18.7 Å². The van der Waals surface area contributed by atoms with Crippen LogP contribution in [0.4, 0.5) is 10.1 Å². The Hall–Kier alpha value is -2.73. The second-order valence-electron chi connectivity index (χ2n) is 6.73. The minimum Gasteiger partial charge on any atom is -0.375 e. The van der Waals surface area contributed by atoms with Crippen LogP contribution in [-0.2, 0) is 27.3 Å². The van der Waals surface area contributed by atoms with E-state index in [0.717, 1.165) is 24.0 Å². The number of ether oxygens (including phenoxy) is 1. The lowest BCUT2D eigenvalue weighted by Crippen LogP contribution is -2.33. The molecule has 1 fully saturated rings. The van der Waals surface area contributed by atoms with Crippen LogP contribution in [0.15, 0.2) is 48.5 Å². The fourth-order valence-corrected chi connectivity index (χ4v) is 2.82. The molecule has 2 aromatic rings. The number of amides is 2. The van der Waals surface area contributed by atoms with E-state index in [9.17, 15) is 14.0 Å². The highest BCUT2D eigenvalue weighted by atomic mass is 19.1. The van der Waals surface area contributed by atoms with E-state index >= 15 is 0 Å². The van der Waals surface area contributed by atoms with Gasteiger partial charge in [0, 0.05) is 18.8 Å². The molecule has 1 N–H and O–H groups in total. The van der Waals surface area contributed by atoms with Crippen molar-refractivity contribution >= 4 is 17.5 Å². The predicted octanol–water partition coefficient (Wildman–Crippen LogP) is 2.83. The van der Waals surface area contributed by atoms with Gasteiger partial charge in [-0.3, -0.25) is 9.59 Å². The summed E-state index contributed by atoms with van der Waals surface area (Å²) in [7, 11) is 1.46. The van der Waals surface area contributed by atoms with E-state index in [1.165, 1.54) is 19.2 Å². The number of halogens is 1. The van der Waals surface area contributed by atoms with Crippen molar-refractivity contribution in [2.45, 2.75) is 31.8 Å². The second kappa shape index (κ2) is 8.77. The molecule has 1 aliphatic rings.